The maximum Gasteiger partial charge on any atom is 0.224 e. The molecule has 1 aromatic rings. The molecule has 102 valence electrons. The first-order valence-corrected chi connectivity index (χ1v) is 7.25. The zero-order chi connectivity index (χ0) is 13.4. The highest BCUT2D eigenvalue weighted by atomic mass is 35.5. The van der Waals surface area contributed by atoms with Crippen LogP contribution in [0.15, 0.2) is 18.2 Å². The van der Waals surface area contributed by atoms with Gasteiger partial charge in [0, 0.05) is 6.42 Å². The number of benzene rings is 1. The van der Waals surface area contributed by atoms with Gasteiger partial charge in [-0.15, -0.1) is 0 Å². The summed E-state index contributed by atoms with van der Waals surface area (Å²) in [6.07, 6.45) is 5.53. The molecule has 2 bridgehead atoms. The molecule has 1 N–H and O–H groups in total. The molecule has 4 heteroatoms. The first-order valence-electron chi connectivity index (χ1n) is 6.87. The minimum absolute atomic E-state index is 0.0396. The van der Waals surface area contributed by atoms with Crippen molar-refractivity contribution in [1.29, 1.82) is 0 Å². The molecule has 19 heavy (non-hydrogen) atoms. The smallest absolute Gasteiger partial charge is 0.224 e. The minimum Gasteiger partial charge on any atom is -0.324 e. The largest absolute Gasteiger partial charge is 0.324 e. The summed E-state index contributed by atoms with van der Waals surface area (Å²) in [6.45, 7) is 0. The van der Waals surface area contributed by atoms with E-state index >= 15 is 0 Å². The lowest BCUT2D eigenvalue weighted by atomic mass is 9.86. The lowest BCUT2D eigenvalue weighted by Crippen LogP contribution is -2.20. The lowest BCUT2D eigenvalue weighted by Gasteiger charge is -2.21. The van der Waals surface area contributed by atoms with E-state index in [1.165, 1.54) is 25.3 Å². The van der Waals surface area contributed by atoms with Crippen LogP contribution < -0.4 is 5.32 Å². The summed E-state index contributed by atoms with van der Waals surface area (Å²) in [5.74, 6) is 1.37. The van der Waals surface area contributed by atoms with Crippen molar-refractivity contribution >= 4 is 23.2 Å². The molecule has 1 aromatic carbocycles. The standard InChI is InChI=1S/C15H17ClFNO/c16-12-2-1-3-13(15(12)17)18-14(19)8-11-7-9-4-5-10(11)6-9/h1-3,9-11H,4-8H2,(H,18,19)/t9-,10-,11+/m1/s1. The second-order valence-corrected chi connectivity index (χ2v) is 6.20. The summed E-state index contributed by atoms with van der Waals surface area (Å²) in [6, 6.07) is 4.65. The van der Waals surface area contributed by atoms with Crippen LogP contribution in [0.1, 0.15) is 32.1 Å². The van der Waals surface area contributed by atoms with Crippen LogP contribution in [0.3, 0.4) is 0 Å². The Kier molecular flexibility index (Phi) is 3.48. The van der Waals surface area contributed by atoms with E-state index in [9.17, 15) is 9.18 Å². The van der Waals surface area contributed by atoms with E-state index in [2.05, 4.69) is 5.32 Å². The third kappa shape index (κ3) is 2.62. The number of carbonyl (C=O) groups is 1. The average molecular weight is 282 g/mol. The first kappa shape index (κ1) is 12.9. The van der Waals surface area contributed by atoms with Crippen LogP contribution >= 0.6 is 11.6 Å². The van der Waals surface area contributed by atoms with Crippen molar-refractivity contribution in [1.82, 2.24) is 0 Å². The molecule has 0 spiro atoms. The summed E-state index contributed by atoms with van der Waals surface area (Å²) in [5, 5.41) is 2.68. The maximum absolute atomic E-state index is 13.7. The molecule has 0 aliphatic heterocycles. The van der Waals surface area contributed by atoms with E-state index in [0.29, 0.717) is 18.3 Å². The van der Waals surface area contributed by atoms with Crippen LogP contribution in [0.5, 0.6) is 0 Å². The summed E-state index contributed by atoms with van der Waals surface area (Å²) < 4.78 is 13.7. The van der Waals surface area contributed by atoms with Crippen LogP contribution in [0.4, 0.5) is 10.1 Å². The Labute approximate surface area is 117 Å². The van der Waals surface area contributed by atoms with Crippen molar-refractivity contribution in [2.75, 3.05) is 5.32 Å². The van der Waals surface area contributed by atoms with Gasteiger partial charge in [0.15, 0.2) is 5.82 Å². The molecule has 3 atom stereocenters. The summed E-state index contributed by atoms with van der Waals surface area (Å²) >= 11 is 5.69. The van der Waals surface area contributed by atoms with Crippen molar-refractivity contribution in [3.63, 3.8) is 0 Å². The van der Waals surface area contributed by atoms with Crippen molar-refractivity contribution < 1.29 is 9.18 Å². The number of nitrogens with one attached hydrogen (secondary N) is 1. The molecule has 0 unspecified atom stereocenters. The third-order valence-electron chi connectivity index (χ3n) is 4.56. The molecule has 0 radical (unpaired) electrons. The van der Waals surface area contributed by atoms with Crippen molar-refractivity contribution in [3.8, 4) is 0 Å². The highest BCUT2D eigenvalue weighted by Crippen LogP contribution is 2.49. The SMILES string of the molecule is O=C(C[C@@H]1C[C@@H]2CC[C@@H]1C2)Nc1cccc(Cl)c1F. The van der Waals surface area contributed by atoms with E-state index in [0.717, 1.165) is 12.3 Å². The zero-order valence-electron chi connectivity index (χ0n) is 10.7. The second-order valence-electron chi connectivity index (χ2n) is 5.79. The highest BCUT2D eigenvalue weighted by molar-refractivity contribution is 6.31. The number of rotatable bonds is 3. The van der Waals surface area contributed by atoms with E-state index in [1.54, 1.807) is 12.1 Å². The van der Waals surface area contributed by atoms with Gasteiger partial charge in [-0.05, 0) is 49.1 Å². The average Bonchev–Trinajstić information content (AvgIpc) is 2.97. The Morgan fingerprint density at radius 2 is 2.21 bits per heavy atom. The Morgan fingerprint density at radius 3 is 2.89 bits per heavy atom. The van der Waals surface area contributed by atoms with Gasteiger partial charge in [0.05, 0.1) is 10.7 Å². The molecule has 2 aliphatic carbocycles. The number of hydrogen-bond donors (Lipinski definition) is 1. The topological polar surface area (TPSA) is 29.1 Å². The van der Waals surface area contributed by atoms with E-state index < -0.39 is 5.82 Å². The predicted octanol–water partition coefficient (Wildman–Crippen LogP) is 4.24. The summed E-state index contributed by atoms with van der Waals surface area (Å²) in [4.78, 5) is 12.0. The van der Waals surface area contributed by atoms with Gasteiger partial charge < -0.3 is 5.32 Å². The number of fused-ring (bicyclic) bond motifs is 2. The fourth-order valence-electron chi connectivity index (χ4n) is 3.67. The van der Waals surface area contributed by atoms with Crippen LogP contribution in [0.25, 0.3) is 0 Å². The Morgan fingerprint density at radius 1 is 1.37 bits per heavy atom. The minimum atomic E-state index is -0.551. The lowest BCUT2D eigenvalue weighted by molar-refractivity contribution is -0.117. The number of anilines is 1. The summed E-state index contributed by atoms with van der Waals surface area (Å²) in [5.41, 5.74) is 0.181. The molecule has 3 rings (SSSR count). The Hall–Kier alpha value is -1.09. The summed E-state index contributed by atoms with van der Waals surface area (Å²) in [7, 11) is 0. The molecular formula is C15H17ClFNO. The fourth-order valence-corrected chi connectivity index (χ4v) is 3.84. The molecule has 2 saturated carbocycles. The van der Waals surface area contributed by atoms with Crippen molar-refractivity contribution in [3.05, 3.63) is 29.0 Å². The second kappa shape index (κ2) is 5.12. The van der Waals surface area contributed by atoms with Gasteiger partial charge >= 0.3 is 0 Å². The zero-order valence-corrected chi connectivity index (χ0v) is 11.4. The van der Waals surface area contributed by atoms with Gasteiger partial charge in [0.25, 0.3) is 0 Å². The first-order chi connectivity index (χ1) is 9.13. The quantitative estimate of drug-likeness (QED) is 0.882. The molecule has 0 heterocycles. The number of amides is 1. The predicted molar refractivity (Wildman–Crippen MR) is 73.6 cm³/mol. The molecule has 2 aliphatic rings. The third-order valence-corrected chi connectivity index (χ3v) is 4.85. The van der Waals surface area contributed by atoms with E-state index in [4.69, 9.17) is 11.6 Å². The van der Waals surface area contributed by atoms with Crippen LogP contribution in [0.2, 0.25) is 5.02 Å². The Bertz CT molecular complexity index is 505. The van der Waals surface area contributed by atoms with Crippen LogP contribution in [-0.2, 0) is 4.79 Å². The van der Waals surface area contributed by atoms with Gasteiger partial charge in [0.1, 0.15) is 0 Å². The van der Waals surface area contributed by atoms with Crippen LogP contribution in [0, 0.1) is 23.6 Å². The van der Waals surface area contributed by atoms with Crippen molar-refractivity contribution in [2.24, 2.45) is 17.8 Å². The molecule has 2 nitrogen and oxygen atoms in total. The number of halogens is 2. The van der Waals surface area contributed by atoms with Crippen LogP contribution in [-0.4, -0.2) is 5.91 Å². The van der Waals surface area contributed by atoms with Gasteiger partial charge in [0.2, 0.25) is 5.91 Å². The van der Waals surface area contributed by atoms with E-state index in [-0.39, 0.29) is 16.6 Å². The fraction of sp³-hybridized carbons (Fsp3) is 0.533. The Balaban J connectivity index is 1.61. The highest BCUT2D eigenvalue weighted by Gasteiger charge is 2.40. The van der Waals surface area contributed by atoms with Gasteiger partial charge in [-0.1, -0.05) is 24.1 Å². The number of carbonyl (C=O) groups excluding carboxylic acids is 1. The maximum atomic E-state index is 13.7. The molecule has 1 amide bonds. The molecule has 0 saturated heterocycles. The normalized spacial score (nSPS) is 28.6. The van der Waals surface area contributed by atoms with Gasteiger partial charge in [-0.3, -0.25) is 4.79 Å². The van der Waals surface area contributed by atoms with E-state index in [1.807, 2.05) is 0 Å². The van der Waals surface area contributed by atoms with Gasteiger partial charge in [-0.25, -0.2) is 4.39 Å². The molecular weight excluding hydrogens is 265 g/mol. The number of hydrogen-bond acceptors (Lipinski definition) is 1. The molecule has 0 aromatic heterocycles. The van der Waals surface area contributed by atoms with Crippen molar-refractivity contribution in [2.45, 2.75) is 32.1 Å². The monoisotopic (exact) mass is 281 g/mol. The molecule has 2 fully saturated rings. The van der Waals surface area contributed by atoms with Gasteiger partial charge in [-0.2, -0.15) is 0 Å².